The van der Waals surface area contributed by atoms with Crippen molar-refractivity contribution in [3.8, 4) is 0 Å². The van der Waals surface area contributed by atoms with E-state index in [-0.39, 0.29) is 5.82 Å². The Kier molecular flexibility index (Phi) is 2.97. The molecule has 0 spiro atoms. The molecule has 0 saturated carbocycles. The summed E-state index contributed by atoms with van der Waals surface area (Å²) in [5.41, 5.74) is 5.82. The Bertz CT molecular complexity index is 325. The lowest BCUT2D eigenvalue weighted by atomic mass is 10.1. The summed E-state index contributed by atoms with van der Waals surface area (Å²) in [7, 11) is 1.70. The second-order valence-electron chi connectivity index (χ2n) is 2.70. The van der Waals surface area contributed by atoms with Crippen molar-refractivity contribution in [2.24, 2.45) is 5.73 Å². The minimum absolute atomic E-state index is 0.326. The van der Waals surface area contributed by atoms with Crippen LogP contribution in [0.1, 0.15) is 15.9 Å². The fourth-order valence-corrected chi connectivity index (χ4v) is 1.05. The molecule has 3 N–H and O–H groups in total. The standard InChI is InChI=1S/C9H11FN2O/c1-12-5-7-4-6(9(11)13)2-3-8(7)10/h2-4,12H,5H2,1H3,(H2,11,13). The summed E-state index contributed by atoms with van der Waals surface area (Å²) in [6.07, 6.45) is 0. The number of nitrogens with two attached hydrogens (primary N) is 1. The largest absolute Gasteiger partial charge is 0.366 e. The van der Waals surface area contributed by atoms with E-state index in [9.17, 15) is 9.18 Å². The normalized spacial score (nSPS) is 10.0. The van der Waals surface area contributed by atoms with Gasteiger partial charge in [0.1, 0.15) is 5.82 Å². The Hall–Kier alpha value is -1.42. The van der Waals surface area contributed by atoms with Gasteiger partial charge in [-0.25, -0.2) is 4.39 Å². The van der Waals surface area contributed by atoms with Gasteiger partial charge in [0.05, 0.1) is 0 Å². The zero-order valence-corrected chi connectivity index (χ0v) is 7.30. The smallest absolute Gasteiger partial charge is 0.248 e. The molecular weight excluding hydrogens is 171 g/mol. The molecule has 0 aliphatic heterocycles. The van der Waals surface area contributed by atoms with E-state index in [1.54, 1.807) is 7.05 Å². The van der Waals surface area contributed by atoms with Crippen molar-refractivity contribution in [2.45, 2.75) is 6.54 Å². The highest BCUT2D eigenvalue weighted by molar-refractivity contribution is 5.92. The second-order valence-corrected chi connectivity index (χ2v) is 2.70. The Morgan fingerprint density at radius 2 is 2.31 bits per heavy atom. The number of nitrogens with one attached hydrogen (secondary N) is 1. The van der Waals surface area contributed by atoms with E-state index in [1.807, 2.05) is 0 Å². The van der Waals surface area contributed by atoms with Crippen molar-refractivity contribution < 1.29 is 9.18 Å². The monoisotopic (exact) mass is 182 g/mol. The van der Waals surface area contributed by atoms with Gasteiger partial charge in [-0.1, -0.05) is 0 Å². The molecule has 4 heteroatoms. The molecule has 0 bridgehead atoms. The van der Waals surface area contributed by atoms with Crippen LogP contribution in [0.4, 0.5) is 4.39 Å². The van der Waals surface area contributed by atoms with Gasteiger partial charge in [0.2, 0.25) is 5.91 Å². The Balaban J connectivity index is 3.03. The van der Waals surface area contributed by atoms with Gasteiger partial charge in [-0.15, -0.1) is 0 Å². The van der Waals surface area contributed by atoms with E-state index in [1.165, 1.54) is 18.2 Å². The van der Waals surface area contributed by atoms with Crippen molar-refractivity contribution in [1.29, 1.82) is 0 Å². The third kappa shape index (κ3) is 2.26. The van der Waals surface area contributed by atoms with Crippen LogP contribution in [-0.2, 0) is 6.54 Å². The quantitative estimate of drug-likeness (QED) is 0.720. The summed E-state index contributed by atoms with van der Waals surface area (Å²) in [6.45, 7) is 0.382. The van der Waals surface area contributed by atoms with Gasteiger partial charge in [-0.05, 0) is 25.2 Å². The minimum Gasteiger partial charge on any atom is -0.366 e. The van der Waals surface area contributed by atoms with Crippen LogP contribution in [0, 0.1) is 5.82 Å². The molecule has 13 heavy (non-hydrogen) atoms. The lowest BCUT2D eigenvalue weighted by Gasteiger charge is -2.03. The first kappa shape index (κ1) is 9.67. The first-order chi connectivity index (χ1) is 6.15. The summed E-state index contributed by atoms with van der Waals surface area (Å²) >= 11 is 0. The number of rotatable bonds is 3. The first-order valence-corrected chi connectivity index (χ1v) is 3.88. The van der Waals surface area contributed by atoms with Crippen LogP contribution in [-0.4, -0.2) is 13.0 Å². The van der Waals surface area contributed by atoms with E-state index < -0.39 is 5.91 Å². The molecule has 0 aliphatic rings. The van der Waals surface area contributed by atoms with Gasteiger partial charge in [0, 0.05) is 17.7 Å². The van der Waals surface area contributed by atoms with Crippen molar-refractivity contribution in [3.05, 3.63) is 35.1 Å². The number of halogens is 1. The average Bonchev–Trinajstić information content (AvgIpc) is 2.08. The fraction of sp³-hybridized carbons (Fsp3) is 0.222. The van der Waals surface area contributed by atoms with Crippen LogP contribution in [0.2, 0.25) is 0 Å². The van der Waals surface area contributed by atoms with Crippen LogP contribution >= 0.6 is 0 Å². The molecule has 0 atom stereocenters. The van der Waals surface area contributed by atoms with E-state index in [2.05, 4.69) is 5.32 Å². The van der Waals surface area contributed by atoms with Gasteiger partial charge in [0.15, 0.2) is 0 Å². The van der Waals surface area contributed by atoms with Crippen LogP contribution < -0.4 is 11.1 Å². The van der Waals surface area contributed by atoms with Crippen molar-refractivity contribution in [2.75, 3.05) is 7.05 Å². The maximum absolute atomic E-state index is 13.0. The number of carbonyl (C=O) groups excluding carboxylic acids is 1. The zero-order chi connectivity index (χ0) is 9.84. The minimum atomic E-state index is -0.544. The highest BCUT2D eigenvalue weighted by Gasteiger charge is 2.05. The van der Waals surface area contributed by atoms with Gasteiger partial charge in [0.25, 0.3) is 0 Å². The van der Waals surface area contributed by atoms with E-state index >= 15 is 0 Å². The molecule has 0 saturated heterocycles. The van der Waals surface area contributed by atoms with Gasteiger partial charge < -0.3 is 11.1 Å². The molecule has 0 aromatic heterocycles. The summed E-state index contributed by atoms with van der Waals surface area (Å²) < 4.78 is 13.0. The molecule has 0 fully saturated rings. The topological polar surface area (TPSA) is 55.1 Å². The maximum Gasteiger partial charge on any atom is 0.248 e. The van der Waals surface area contributed by atoms with Crippen LogP contribution in [0.25, 0.3) is 0 Å². The average molecular weight is 182 g/mol. The molecule has 3 nitrogen and oxygen atoms in total. The van der Waals surface area contributed by atoms with Crippen LogP contribution in [0.15, 0.2) is 18.2 Å². The molecular formula is C9H11FN2O. The van der Waals surface area contributed by atoms with Crippen LogP contribution in [0.3, 0.4) is 0 Å². The van der Waals surface area contributed by atoms with Crippen molar-refractivity contribution in [1.82, 2.24) is 5.32 Å². The van der Waals surface area contributed by atoms with Gasteiger partial charge >= 0.3 is 0 Å². The SMILES string of the molecule is CNCc1cc(C(N)=O)ccc1F. The van der Waals surface area contributed by atoms with Gasteiger partial charge in [-0.2, -0.15) is 0 Å². The summed E-state index contributed by atoms with van der Waals surface area (Å²) in [4.78, 5) is 10.7. The van der Waals surface area contributed by atoms with Crippen molar-refractivity contribution >= 4 is 5.91 Å². The molecule has 0 unspecified atom stereocenters. The molecule has 1 amide bonds. The maximum atomic E-state index is 13.0. The Morgan fingerprint density at radius 1 is 1.62 bits per heavy atom. The number of hydrogen-bond acceptors (Lipinski definition) is 2. The number of amides is 1. The first-order valence-electron chi connectivity index (χ1n) is 3.88. The summed E-state index contributed by atoms with van der Waals surface area (Å²) in [5.74, 6) is -0.878. The number of benzene rings is 1. The number of primary amides is 1. The highest BCUT2D eigenvalue weighted by atomic mass is 19.1. The zero-order valence-electron chi connectivity index (χ0n) is 7.30. The van der Waals surface area contributed by atoms with E-state index in [4.69, 9.17) is 5.73 Å². The van der Waals surface area contributed by atoms with E-state index in [0.717, 1.165) is 0 Å². The Morgan fingerprint density at radius 3 is 2.85 bits per heavy atom. The molecule has 1 rings (SSSR count). The second kappa shape index (κ2) is 4.00. The molecule has 0 heterocycles. The lowest BCUT2D eigenvalue weighted by molar-refractivity contribution is 0.1000. The number of carbonyl (C=O) groups is 1. The third-order valence-electron chi connectivity index (χ3n) is 1.70. The predicted molar refractivity (Wildman–Crippen MR) is 47.7 cm³/mol. The fourth-order valence-electron chi connectivity index (χ4n) is 1.05. The third-order valence-corrected chi connectivity index (χ3v) is 1.70. The molecule has 0 radical (unpaired) electrons. The van der Waals surface area contributed by atoms with Crippen LogP contribution in [0.5, 0.6) is 0 Å². The Labute approximate surface area is 75.7 Å². The summed E-state index contributed by atoms with van der Waals surface area (Å²) in [6, 6.07) is 4.07. The van der Waals surface area contributed by atoms with Crippen molar-refractivity contribution in [3.63, 3.8) is 0 Å². The molecule has 0 aliphatic carbocycles. The van der Waals surface area contributed by atoms with E-state index in [0.29, 0.717) is 17.7 Å². The summed E-state index contributed by atoms with van der Waals surface area (Å²) in [5, 5.41) is 2.80. The highest BCUT2D eigenvalue weighted by Crippen LogP contribution is 2.09. The predicted octanol–water partition coefficient (Wildman–Crippen LogP) is 0.644. The number of hydrogen-bond donors (Lipinski definition) is 2. The molecule has 1 aromatic carbocycles. The van der Waals surface area contributed by atoms with Gasteiger partial charge in [-0.3, -0.25) is 4.79 Å². The molecule has 70 valence electrons. The lowest BCUT2D eigenvalue weighted by Crippen LogP contribution is -2.13. The molecule has 1 aromatic rings.